The first-order valence-electron chi connectivity index (χ1n) is 13.4. The average molecular weight is 585 g/mol. The van der Waals surface area contributed by atoms with Crippen LogP contribution in [-0.2, 0) is 4.79 Å². The molecule has 0 radical (unpaired) electrons. The number of rotatable bonds is 7. The van der Waals surface area contributed by atoms with E-state index in [-0.39, 0.29) is 17.5 Å². The Bertz CT molecular complexity index is 1660. The fraction of sp³-hybridized carbons (Fsp3) is 0.250. The number of nitrogens with one attached hydrogen (secondary N) is 2. The molecule has 3 N–H and O–H groups in total. The van der Waals surface area contributed by atoms with E-state index in [4.69, 9.17) is 21.4 Å². The van der Waals surface area contributed by atoms with Gasteiger partial charge in [-0.15, -0.1) is 0 Å². The van der Waals surface area contributed by atoms with E-state index in [9.17, 15) is 14.7 Å². The van der Waals surface area contributed by atoms with E-state index >= 15 is 0 Å². The zero-order chi connectivity index (χ0) is 30.2. The van der Waals surface area contributed by atoms with Gasteiger partial charge in [-0.25, -0.2) is 4.79 Å². The summed E-state index contributed by atoms with van der Waals surface area (Å²) in [6.45, 7) is 7.39. The Balaban J connectivity index is 1.56. The minimum Gasteiger partial charge on any atom is -0.494 e. The van der Waals surface area contributed by atoms with Crippen LogP contribution in [0.4, 0.5) is 11.4 Å². The maximum Gasteiger partial charge on any atom is 0.335 e. The van der Waals surface area contributed by atoms with Crippen LogP contribution in [-0.4, -0.2) is 34.2 Å². The maximum absolute atomic E-state index is 12.7. The minimum atomic E-state index is -0.983. The molecular weight excluding hydrogens is 552 g/mol. The molecule has 0 bridgehead atoms. The van der Waals surface area contributed by atoms with Crippen molar-refractivity contribution in [3.05, 3.63) is 95.5 Å². The first-order chi connectivity index (χ1) is 20.0. The van der Waals surface area contributed by atoms with Crippen molar-refractivity contribution >= 4 is 40.6 Å². The third-order valence-electron chi connectivity index (χ3n) is 7.15. The number of methoxy groups -OCH3 is 1. The summed E-state index contributed by atoms with van der Waals surface area (Å²) < 4.78 is 12.1. The summed E-state index contributed by atoms with van der Waals surface area (Å²) in [4.78, 5) is 30.6. The summed E-state index contributed by atoms with van der Waals surface area (Å²) in [6, 6.07) is 19.2. The van der Waals surface area contributed by atoms with E-state index in [1.807, 2.05) is 75.1 Å². The normalized spacial score (nSPS) is 16.7. The zero-order valence-electron chi connectivity index (χ0n) is 24.0. The number of pyridine rings is 1. The summed E-state index contributed by atoms with van der Waals surface area (Å²) in [5, 5.41) is 16.2. The Hall–Kier alpha value is -4.70. The van der Waals surface area contributed by atoms with Crippen LogP contribution in [0.2, 0.25) is 0 Å². The van der Waals surface area contributed by atoms with Crippen LogP contribution < -0.4 is 20.3 Å². The predicted octanol–water partition coefficient (Wildman–Crippen LogP) is 6.52. The van der Waals surface area contributed by atoms with Crippen LogP contribution in [0.15, 0.2) is 77.3 Å². The predicted molar refractivity (Wildman–Crippen MR) is 165 cm³/mol. The number of carbonyl (C=O) groups is 2. The number of carboxylic acid groups (broad SMARTS) is 1. The second-order valence-electron chi connectivity index (χ2n) is 11.1. The number of ether oxygens (including phenoxy) is 1. The molecule has 0 spiro atoms. The van der Waals surface area contributed by atoms with Crippen molar-refractivity contribution in [2.75, 3.05) is 17.3 Å². The Morgan fingerprint density at radius 2 is 1.88 bits per heavy atom. The number of nitrogens with zero attached hydrogens (tertiary/aromatic N) is 2. The molecule has 1 saturated heterocycles. The fourth-order valence-electron chi connectivity index (χ4n) is 4.89. The van der Waals surface area contributed by atoms with Gasteiger partial charge in [0.25, 0.3) is 0 Å². The second kappa shape index (κ2) is 11.3. The highest BCUT2D eigenvalue weighted by atomic mass is 32.1. The number of carboxylic acids is 1. The van der Waals surface area contributed by atoms with Gasteiger partial charge >= 0.3 is 5.97 Å². The lowest BCUT2D eigenvalue weighted by Crippen LogP contribution is -2.30. The molecule has 5 rings (SSSR count). The van der Waals surface area contributed by atoms with Crippen molar-refractivity contribution in [3.63, 3.8) is 0 Å². The fourth-order valence-corrected chi connectivity index (χ4v) is 5.24. The van der Waals surface area contributed by atoms with Crippen molar-refractivity contribution in [3.8, 4) is 17.1 Å². The van der Waals surface area contributed by atoms with Crippen LogP contribution in [0.5, 0.6) is 5.75 Å². The molecular formula is C32H32N4O5S. The molecule has 1 fully saturated rings. The molecule has 3 heterocycles. The molecule has 1 aliphatic rings. The van der Waals surface area contributed by atoms with Gasteiger partial charge in [0.15, 0.2) is 5.11 Å². The molecule has 9 nitrogen and oxygen atoms in total. The molecule has 2 atom stereocenters. The summed E-state index contributed by atoms with van der Waals surface area (Å²) in [7, 11) is 1.55. The third kappa shape index (κ3) is 5.58. The highest BCUT2D eigenvalue weighted by Crippen LogP contribution is 2.44. The highest BCUT2D eigenvalue weighted by Gasteiger charge is 2.43. The number of benzene rings is 2. The highest BCUT2D eigenvalue weighted by molar-refractivity contribution is 7.80. The number of amides is 1. The molecule has 2 aromatic heterocycles. The summed E-state index contributed by atoms with van der Waals surface area (Å²) >= 11 is 5.85. The molecule has 0 saturated carbocycles. The van der Waals surface area contributed by atoms with Crippen LogP contribution >= 0.6 is 12.2 Å². The first kappa shape index (κ1) is 28.8. The quantitative estimate of drug-likeness (QED) is 0.209. The number of anilines is 2. The molecule has 1 amide bonds. The van der Waals surface area contributed by atoms with Gasteiger partial charge in [-0.1, -0.05) is 32.9 Å². The molecule has 2 aromatic carbocycles. The van der Waals surface area contributed by atoms with E-state index in [1.54, 1.807) is 37.6 Å². The molecule has 216 valence electrons. The molecule has 4 aromatic rings. The summed E-state index contributed by atoms with van der Waals surface area (Å²) in [6.07, 6.45) is 1.73. The Morgan fingerprint density at radius 3 is 2.52 bits per heavy atom. The van der Waals surface area contributed by atoms with Gasteiger partial charge in [0, 0.05) is 28.9 Å². The molecule has 0 aliphatic carbocycles. The molecule has 1 aliphatic heterocycles. The molecule has 42 heavy (non-hydrogen) atoms. The first-order valence-corrected chi connectivity index (χ1v) is 13.8. The van der Waals surface area contributed by atoms with Crippen molar-refractivity contribution in [1.82, 2.24) is 10.3 Å². The molecule has 10 heteroatoms. The van der Waals surface area contributed by atoms with Crippen LogP contribution in [0.3, 0.4) is 0 Å². The van der Waals surface area contributed by atoms with E-state index in [0.717, 1.165) is 22.5 Å². The second-order valence-corrected chi connectivity index (χ2v) is 11.5. The molecule has 0 unspecified atom stereocenters. The average Bonchev–Trinajstić information content (AvgIpc) is 3.57. The number of hydrogen-bond acceptors (Lipinski definition) is 6. The third-order valence-corrected chi connectivity index (χ3v) is 7.46. The minimum absolute atomic E-state index is 0.130. The Kier molecular flexibility index (Phi) is 7.74. The Labute approximate surface area is 249 Å². The number of thiocarbonyl (C=S) groups is 1. The number of aromatic carboxylic acids is 1. The van der Waals surface area contributed by atoms with Crippen molar-refractivity contribution < 1.29 is 23.8 Å². The standard InChI is InChI=1S/C32H32N4O5S/c1-18-16-19(29(37)38)9-11-21(18)24-13-14-25(41-24)28-27(23-8-6-7-15-33-23)35-31(42)36(28)20-10-12-22(26(17-20)40-5)34-30(39)32(2,3)4/h6-17,27-28H,1-5H3,(H,34,39)(H,35,42)(H,37,38)/t27-,28-/m1/s1. The van der Waals surface area contributed by atoms with Gasteiger partial charge in [-0.05, 0) is 73.2 Å². The summed E-state index contributed by atoms with van der Waals surface area (Å²) in [5.74, 6) is 0.620. The number of aryl methyl sites for hydroxylation is 1. The van der Waals surface area contributed by atoms with Gasteiger partial charge in [0.05, 0.1) is 30.1 Å². The van der Waals surface area contributed by atoms with Crippen molar-refractivity contribution in [1.29, 1.82) is 0 Å². The Morgan fingerprint density at radius 1 is 1.10 bits per heavy atom. The SMILES string of the molecule is COc1cc(N2C(=S)N[C@H](c3ccccn3)[C@H]2c2ccc(-c3ccc(C(=O)O)cc3C)o2)ccc1NC(=O)C(C)(C)C. The lowest BCUT2D eigenvalue weighted by Gasteiger charge is -2.27. The maximum atomic E-state index is 12.7. The van der Waals surface area contributed by atoms with Gasteiger partial charge in [-0.2, -0.15) is 0 Å². The van der Waals surface area contributed by atoms with Crippen molar-refractivity contribution in [2.24, 2.45) is 5.41 Å². The van der Waals surface area contributed by atoms with Gasteiger partial charge in [0.2, 0.25) is 5.91 Å². The van der Waals surface area contributed by atoms with Crippen LogP contribution in [0.25, 0.3) is 11.3 Å². The van der Waals surface area contributed by atoms with Crippen molar-refractivity contribution in [2.45, 2.75) is 39.8 Å². The van der Waals surface area contributed by atoms with E-state index < -0.39 is 17.4 Å². The van der Waals surface area contributed by atoms with E-state index in [0.29, 0.717) is 28.1 Å². The van der Waals surface area contributed by atoms with E-state index in [2.05, 4.69) is 15.6 Å². The monoisotopic (exact) mass is 584 g/mol. The number of carbonyl (C=O) groups excluding carboxylic acids is 1. The topological polar surface area (TPSA) is 117 Å². The van der Waals surface area contributed by atoms with Gasteiger partial charge in [-0.3, -0.25) is 9.78 Å². The smallest absolute Gasteiger partial charge is 0.335 e. The van der Waals surface area contributed by atoms with Gasteiger partial charge in [0.1, 0.15) is 23.3 Å². The lowest BCUT2D eigenvalue weighted by atomic mass is 9.95. The largest absolute Gasteiger partial charge is 0.494 e. The zero-order valence-corrected chi connectivity index (χ0v) is 24.8. The van der Waals surface area contributed by atoms with E-state index in [1.165, 1.54) is 0 Å². The lowest BCUT2D eigenvalue weighted by molar-refractivity contribution is -0.123. The van der Waals surface area contributed by atoms with Gasteiger partial charge < -0.3 is 29.8 Å². The van der Waals surface area contributed by atoms with Crippen LogP contribution in [0, 0.1) is 12.3 Å². The number of furan rings is 1. The van der Waals surface area contributed by atoms with Crippen LogP contribution in [0.1, 0.15) is 60.2 Å². The summed E-state index contributed by atoms with van der Waals surface area (Å²) in [5.41, 5.74) is 3.29. The number of hydrogen-bond donors (Lipinski definition) is 3. The number of aromatic nitrogens is 1.